The summed E-state index contributed by atoms with van der Waals surface area (Å²) >= 11 is 0. The van der Waals surface area contributed by atoms with Crippen molar-refractivity contribution in [2.75, 3.05) is 13.2 Å². The minimum atomic E-state index is -0.210. The molecule has 0 radical (unpaired) electrons. The Kier molecular flexibility index (Phi) is 5.46. The number of amides is 1. The van der Waals surface area contributed by atoms with Gasteiger partial charge in [0.2, 0.25) is 11.9 Å². The molecular weight excluding hydrogens is 248 g/mol. The van der Waals surface area contributed by atoms with Crippen molar-refractivity contribution in [3.63, 3.8) is 0 Å². The highest BCUT2D eigenvalue weighted by Crippen LogP contribution is 2.20. The number of carbonyl (C=O) groups is 1. The Morgan fingerprint density at radius 3 is 2.84 bits per heavy atom. The Balaban J connectivity index is 2.37. The van der Waals surface area contributed by atoms with Crippen molar-refractivity contribution in [3.8, 4) is 5.75 Å². The number of nitrogens with two attached hydrogens (primary N) is 2. The van der Waals surface area contributed by atoms with Crippen molar-refractivity contribution >= 4 is 11.9 Å². The molecular formula is C12H18N4O3. The molecule has 0 spiro atoms. The summed E-state index contributed by atoms with van der Waals surface area (Å²) in [7, 11) is 0. The zero-order valence-electron chi connectivity index (χ0n) is 10.7. The molecule has 1 rings (SSSR count). The highest BCUT2D eigenvalue weighted by molar-refractivity contribution is 5.79. The van der Waals surface area contributed by atoms with E-state index in [-0.39, 0.29) is 37.2 Å². The monoisotopic (exact) mass is 266 g/mol. The van der Waals surface area contributed by atoms with Gasteiger partial charge in [0.15, 0.2) is 0 Å². The van der Waals surface area contributed by atoms with Gasteiger partial charge < -0.3 is 26.7 Å². The Labute approximate surface area is 111 Å². The Morgan fingerprint density at radius 1 is 1.47 bits per heavy atom. The molecule has 0 fully saturated rings. The minimum Gasteiger partial charge on any atom is -0.508 e. The van der Waals surface area contributed by atoms with Gasteiger partial charge in [0, 0.05) is 5.56 Å². The molecule has 1 aromatic rings. The van der Waals surface area contributed by atoms with E-state index in [1.807, 2.05) is 13.0 Å². The van der Waals surface area contributed by atoms with Crippen LogP contribution in [-0.2, 0) is 16.1 Å². The van der Waals surface area contributed by atoms with Crippen LogP contribution < -0.4 is 16.8 Å². The van der Waals surface area contributed by atoms with Crippen LogP contribution in [0.15, 0.2) is 23.4 Å². The summed E-state index contributed by atoms with van der Waals surface area (Å²) in [6.45, 7) is 2.29. The number of oxime groups is 1. The van der Waals surface area contributed by atoms with Crippen molar-refractivity contribution in [2.45, 2.75) is 13.3 Å². The lowest BCUT2D eigenvalue weighted by atomic mass is 10.0. The van der Waals surface area contributed by atoms with Crippen LogP contribution in [0.2, 0.25) is 0 Å². The van der Waals surface area contributed by atoms with Gasteiger partial charge in [0.1, 0.15) is 12.4 Å². The van der Waals surface area contributed by atoms with E-state index in [9.17, 15) is 9.90 Å². The van der Waals surface area contributed by atoms with Gasteiger partial charge in [-0.05, 0) is 23.7 Å². The van der Waals surface area contributed by atoms with Gasteiger partial charge in [-0.25, -0.2) is 0 Å². The Morgan fingerprint density at radius 2 is 2.21 bits per heavy atom. The van der Waals surface area contributed by atoms with Crippen molar-refractivity contribution in [2.24, 2.45) is 16.6 Å². The van der Waals surface area contributed by atoms with E-state index in [0.29, 0.717) is 5.56 Å². The summed E-state index contributed by atoms with van der Waals surface area (Å²) in [5, 5.41) is 15.6. The number of nitrogens with zero attached hydrogens (tertiary/aromatic N) is 1. The molecule has 0 saturated heterocycles. The number of phenolic OH excluding ortho intramolecular Hbond substituents is 1. The molecule has 1 aromatic carbocycles. The van der Waals surface area contributed by atoms with Crippen LogP contribution in [0.25, 0.3) is 0 Å². The summed E-state index contributed by atoms with van der Waals surface area (Å²) in [5.41, 5.74) is 11.6. The highest BCUT2D eigenvalue weighted by Gasteiger charge is 2.09. The first kappa shape index (κ1) is 14.6. The van der Waals surface area contributed by atoms with E-state index >= 15 is 0 Å². The molecule has 0 atom stereocenters. The van der Waals surface area contributed by atoms with E-state index < -0.39 is 0 Å². The van der Waals surface area contributed by atoms with Gasteiger partial charge in [0.05, 0.1) is 13.0 Å². The van der Waals surface area contributed by atoms with Crippen LogP contribution in [0.1, 0.15) is 11.1 Å². The first-order chi connectivity index (χ1) is 9.00. The van der Waals surface area contributed by atoms with Gasteiger partial charge in [-0.3, -0.25) is 4.79 Å². The zero-order valence-corrected chi connectivity index (χ0v) is 10.7. The summed E-state index contributed by atoms with van der Waals surface area (Å²) in [6.07, 6.45) is 0.112. The number of aromatic hydroxyl groups is 1. The number of hydrogen-bond donors (Lipinski definition) is 4. The third kappa shape index (κ3) is 5.15. The molecule has 0 bridgehead atoms. The second-order valence-electron chi connectivity index (χ2n) is 3.95. The SMILES string of the molecule is Cc1cccc(O)c1CC(=O)NCCON=C(N)N. The van der Waals surface area contributed by atoms with E-state index in [4.69, 9.17) is 16.3 Å². The normalized spacial score (nSPS) is 9.74. The molecule has 6 N–H and O–H groups in total. The predicted molar refractivity (Wildman–Crippen MR) is 71.3 cm³/mol. The molecule has 0 unspecified atom stereocenters. The van der Waals surface area contributed by atoms with Crippen molar-refractivity contribution < 1.29 is 14.7 Å². The quantitative estimate of drug-likeness (QED) is 0.241. The molecule has 0 heterocycles. The number of carbonyl (C=O) groups excluding carboxylic acids is 1. The van der Waals surface area contributed by atoms with Crippen molar-refractivity contribution in [1.29, 1.82) is 0 Å². The standard InChI is InChI=1S/C12H18N4O3/c1-8-3-2-4-10(17)9(8)7-11(18)15-5-6-19-16-12(13)14/h2-4,17H,5-7H2,1H3,(H,15,18)(H4,13,14,16). The molecule has 0 saturated carbocycles. The lowest BCUT2D eigenvalue weighted by Gasteiger charge is -2.08. The third-order valence-corrected chi connectivity index (χ3v) is 2.41. The zero-order chi connectivity index (χ0) is 14.3. The van der Waals surface area contributed by atoms with E-state index in [0.717, 1.165) is 5.56 Å². The molecule has 0 aliphatic heterocycles. The Bertz CT molecular complexity index is 450. The number of phenols is 1. The second-order valence-corrected chi connectivity index (χ2v) is 3.95. The average Bonchev–Trinajstić information content (AvgIpc) is 2.33. The number of aryl methyl sites for hydroxylation is 1. The maximum atomic E-state index is 11.7. The van der Waals surface area contributed by atoms with Crippen LogP contribution in [0.4, 0.5) is 0 Å². The van der Waals surface area contributed by atoms with Gasteiger partial charge in [-0.1, -0.05) is 12.1 Å². The van der Waals surface area contributed by atoms with Crippen LogP contribution in [-0.4, -0.2) is 30.1 Å². The number of nitrogens with one attached hydrogen (secondary N) is 1. The lowest BCUT2D eigenvalue weighted by Crippen LogP contribution is -2.29. The summed E-state index contributed by atoms with van der Waals surface area (Å²) < 4.78 is 0. The third-order valence-electron chi connectivity index (χ3n) is 2.41. The summed E-state index contributed by atoms with van der Waals surface area (Å²) in [5.74, 6) is -0.263. The van der Waals surface area contributed by atoms with E-state index in [2.05, 4.69) is 10.5 Å². The number of guanidine groups is 1. The molecule has 7 nitrogen and oxygen atoms in total. The topological polar surface area (TPSA) is 123 Å². The molecule has 7 heteroatoms. The van der Waals surface area contributed by atoms with Crippen LogP contribution >= 0.6 is 0 Å². The van der Waals surface area contributed by atoms with Crippen LogP contribution in [0.5, 0.6) is 5.75 Å². The molecule has 19 heavy (non-hydrogen) atoms. The molecule has 0 aliphatic carbocycles. The average molecular weight is 266 g/mol. The first-order valence-electron chi connectivity index (χ1n) is 5.75. The fourth-order valence-electron chi connectivity index (χ4n) is 1.50. The number of hydrogen-bond acceptors (Lipinski definition) is 4. The maximum Gasteiger partial charge on any atom is 0.228 e. The van der Waals surface area contributed by atoms with Gasteiger partial charge in [-0.2, -0.15) is 0 Å². The van der Waals surface area contributed by atoms with Crippen molar-refractivity contribution in [3.05, 3.63) is 29.3 Å². The number of rotatable bonds is 6. The lowest BCUT2D eigenvalue weighted by molar-refractivity contribution is -0.120. The highest BCUT2D eigenvalue weighted by atomic mass is 16.6. The van der Waals surface area contributed by atoms with Gasteiger partial charge in [0.25, 0.3) is 0 Å². The van der Waals surface area contributed by atoms with Crippen LogP contribution in [0, 0.1) is 6.92 Å². The fourth-order valence-corrected chi connectivity index (χ4v) is 1.50. The van der Waals surface area contributed by atoms with E-state index in [1.165, 1.54) is 0 Å². The summed E-state index contributed by atoms with van der Waals surface area (Å²) in [6, 6.07) is 5.12. The number of benzene rings is 1. The molecule has 1 amide bonds. The first-order valence-corrected chi connectivity index (χ1v) is 5.75. The van der Waals surface area contributed by atoms with Gasteiger partial charge in [-0.15, -0.1) is 0 Å². The molecule has 104 valence electrons. The van der Waals surface area contributed by atoms with Gasteiger partial charge >= 0.3 is 0 Å². The van der Waals surface area contributed by atoms with Crippen LogP contribution in [0.3, 0.4) is 0 Å². The predicted octanol–water partition coefficient (Wildman–Crippen LogP) is -0.436. The fraction of sp³-hybridized carbons (Fsp3) is 0.333. The molecule has 0 aromatic heterocycles. The maximum absolute atomic E-state index is 11.7. The smallest absolute Gasteiger partial charge is 0.228 e. The summed E-state index contributed by atoms with van der Waals surface area (Å²) in [4.78, 5) is 16.4. The molecule has 0 aliphatic rings. The van der Waals surface area contributed by atoms with Crippen molar-refractivity contribution in [1.82, 2.24) is 5.32 Å². The van der Waals surface area contributed by atoms with E-state index in [1.54, 1.807) is 12.1 Å². The second kappa shape index (κ2) is 7.10. The largest absolute Gasteiger partial charge is 0.508 e. The Hall–Kier alpha value is -2.44. The minimum absolute atomic E-state index is 0.112.